The fourth-order valence-electron chi connectivity index (χ4n) is 2.59. The van der Waals surface area contributed by atoms with Crippen LogP contribution in [0.4, 0.5) is 0 Å². The van der Waals surface area contributed by atoms with E-state index in [0.717, 1.165) is 30.2 Å². The lowest BCUT2D eigenvalue weighted by Gasteiger charge is -2.28. The van der Waals surface area contributed by atoms with Gasteiger partial charge in [0.2, 0.25) is 12.7 Å². The Labute approximate surface area is 142 Å². The maximum Gasteiger partial charge on any atom is 0.231 e. The molecule has 0 bridgehead atoms. The van der Waals surface area contributed by atoms with Gasteiger partial charge in [-0.1, -0.05) is 13.0 Å². The van der Waals surface area contributed by atoms with E-state index >= 15 is 0 Å². The Balaban J connectivity index is 1.84. The molecule has 1 aromatic rings. The molecule has 0 aromatic heterocycles. The lowest BCUT2D eigenvalue weighted by Crippen LogP contribution is -2.43. The first-order valence-corrected chi connectivity index (χ1v) is 9.41. The minimum Gasteiger partial charge on any atom is -0.454 e. The van der Waals surface area contributed by atoms with Gasteiger partial charge in [-0.25, -0.2) is 0 Å². The average molecular weight is 338 g/mol. The number of nitrogens with zero attached hydrogens (tertiary/aromatic N) is 1. The maximum atomic E-state index is 11.7. The van der Waals surface area contributed by atoms with Crippen LogP contribution in [0.25, 0.3) is 0 Å². The fraction of sp³-hybridized carbons (Fsp3) is 0.588. The molecule has 23 heavy (non-hydrogen) atoms. The molecule has 1 aliphatic rings. The monoisotopic (exact) mass is 338 g/mol. The minimum absolute atomic E-state index is 0.119. The molecule has 2 rings (SSSR count). The van der Waals surface area contributed by atoms with Crippen molar-refractivity contribution >= 4 is 17.7 Å². The van der Waals surface area contributed by atoms with Crippen LogP contribution in [0.3, 0.4) is 0 Å². The number of benzene rings is 1. The van der Waals surface area contributed by atoms with Crippen LogP contribution in [0.5, 0.6) is 11.5 Å². The summed E-state index contributed by atoms with van der Waals surface area (Å²) in [5.74, 6) is 2.62. The first-order valence-electron chi connectivity index (χ1n) is 8.02. The molecule has 1 atom stereocenters. The van der Waals surface area contributed by atoms with Crippen LogP contribution >= 0.6 is 11.8 Å². The van der Waals surface area contributed by atoms with Gasteiger partial charge in [0, 0.05) is 18.2 Å². The number of hydrogen-bond donors (Lipinski definition) is 1. The van der Waals surface area contributed by atoms with E-state index in [9.17, 15) is 4.79 Å². The van der Waals surface area contributed by atoms with Crippen molar-refractivity contribution in [3.63, 3.8) is 0 Å². The lowest BCUT2D eigenvalue weighted by atomic mass is 10.1. The van der Waals surface area contributed by atoms with Crippen LogP contribution < -0.4 is 14.8 Å². The lowest BCUT2D eigenvalue weighted by molar-refractivity contribution is -0.121. The zero-order chi connectivity index (χ0) is 16.7. The number of carbonyl (C=O) groups excluding carboxylic acids is 1. The zero-order valence-corrected chi connectivity index (χ0v) is 14.9. The highest BCUT2D eigenvalue weighted by atomic mass is 32.2. The van der Waals surface area contributed by atoms with Crippen molar-refractivity contribution < 1.29 is 14.3 Å². The number of rotatable bonds is 9. The van der Waals surface area contributed by atoms with Gasteiger partial charge < -0.3 is 14.8 Å². The number of likely N-dealkylation sites (N-methyl/N-ethyl adjacent to an activating group) is 1. The normalized spacial score (nSPS) is 14.1. The predicted octanol–water partition coefficient (Wildman–Crippen LogP) is 2.50. The number of carbonyl (C=O) groups is 1. The molecule has 0 fully saturated rings. The van der Waals surface area contributed by atoms with Gasteiger partial charge in [-0.3, -0.25) is 9.69 Å². The number of nitrogens with one attached hydrogen (secondary N) is 1. The smallest absolute Gasteiger partial charge is 0.231 e. The Bertz CT molecular complexity index is 525. The van der Waals surface area contributed by atoms with E-state index in [2.05, 4.69) is 30.1 Å². The second-order valence-electron chi connectivity index (χ2n) is 5.65. The highest BCUT2D eigenvalue weighted by Crippen LogP contribution is 2.32. The van der Waals surface area contributed by atoms with Gasteiger partial charge in [0.25, 0.3) is 0 Å². The number of fused-ring (bicyclic) bond motifs is 1. The maximum absolute atomic E-state index is 11.7. The first-order chi connectivity index (χ1) is 11.1. The molecule has 0 spiro atoms. The quantitative estimate of drug-likeness (QED) is 0.701. The van der Waals surface area contributed by atoms with Gasteiger partial charge in [0.15, 0.2) is 11.5 Å². The molecular weight excluding hydrogens is 312 g/mol. The third-order valence-electron chi connectivity index (χ3n) is 4.01. The standard InChI is InChI=1S/C17H26N2O3S/c1-4-19(11-18-17(20)7-8-23-3)13(2)9-14-5-6-15-16(10-14)22-12-21-15/h5-6,10,13H,4,7-9,11-12H2,1-3H3,(H,18,20). The third-order valence-corrected chi connectivity index (χ3v) is 4.62. The topological polar surface area (TPSA) is 50.8 Å². The zero-order valence-electron chi connectivity index (χ0n) is 14.1. The summed E-state index contributed by atoms with van der Waals surface area (Å²) in [5, 5.41) is 3.01. The van der Waals surface area contributed by atoms with Crippen molar-refractivity contribution in [2.24, 2.45) is 0 Å². The number of hydrogen-bond acceptors (Lipinski definition) is 5. The Morgan fingerprint density at radius 2 is 2.17 bits per heavy atom. The van der Waals surface area contributed by atoms with Gasteiger partial charge in [-0.2, -0.15) is 11.8 Å². The van der Waals surface area contributed by atoms with E-state index in [1.165, 1.54) is 5.56 Å². The Kier molecular flexibility index (Phi) is 7.05. The summed E-state index contributed by atoms with van der Waals surface area (Å²) in [7, 11) is 0. The van der Waals surface area contributed by atoms with Crippen molar-refractivity contribution in [3.8, 4) is 11.5 Å². The molecule has 1 amide bonds. The number of thioether (sulfide) groups is 1. The third kappa shape index (κ3) is 5.32. The highest BCUT2D eigenvalue weighted by molar-refractivity contribution is 7.98. The van der Waals surface area contributed by atoms with Gasteiger partial charge in [0.05, 0.1) is 6.67 Å². The van der Waals surface area contributed by atoms with E-state index < -0.39 is 0 Å². The molecule has 1 heterocycles. The van der Waals surface area contributed by atoms with Crippen LogP contribution in [-0.4, -0.2) is 48.9 Å². The van der Waals surface area contributed by atoms with Crippen LogP contribution in [-0.2, 0) is 11.2 Å². The fourth-order valence-corrected chi connectivity index (χ4v) is 2.98. The van der Waals surface area contributed by atoms with Gasteiger partial charge >= 0.3 is 0 Å². The summed E-state index contributed by atoms with van der Waals surface area (Å²) in [5.41, 5.74) is 1.22. The molecule has 0 saturated heterocycles. The highest BCUT2D eigenvalue weighted by Gasteiger charge is 2.17. The number of ether oxygens (including phenoxy) is 2. The molecule has 1 aromatic carbocycles. The summed E-state index contributed by atoms with van der Waals surface area (Å²) < 4.78 is 10.8. The molecule has 128 valence electrons. The molecule has 0 saturated carbocycles. The first kappa shape index (κ1) is 17.9. The summed E-state index contributed by atoms with van der Waals surface area (Å²) >= 11 is 1.69. The molecular formula is C17H26N2O3S. The second-order valence-corrected chi connectivity index (χ2v) is 6.63. The molecule has 1 unspecified atom stereocenters. The predicted molar refractivity (Wildman–Crippen MR) is 94.1 cm³/mol. The van der Waals surface area contributed by atoms with Gasteiger partial charge in [-0.05, 0) is 43.8 Å². The summed E-state index contributed by atoms with van der Waals surface area (Å²) in [4.78, 5) is 14.0. The molecule has 5 nitrogen and oxygen atoms in total. The van der Waals surface area contributed by atoms with Crippen LogP contribution in [0.1, 0.15) is 25.8 Å². The Hall–Kier alpha value is -1.40. The van der Waals surface area contributed by atoms with Crippen molar-refractivity contribution in [1.29, 1.82) is 0 Å². The molecule has 0 radical (unpaired) electrons. The summed E-state index contributed by atoms with van der Waals surface area (Å²) in [6, 6.07) is 6.42. The van der Waals surface area contributed by atoms with E-state index in [1.54, 1.807) is 11.8 Å². The van der Waals surface area contributed by atoms with E-state index in [1.807, 2.05) is 18.4 Å². The van der Waals surface area contributed by atoms with Gasteiger partial charge in [0.1, 0.15) is 0 Å². The summed E-state index contributed by atoms with van der Waals surface area (Å²) in [6.45, 7) is 6.09. The minimum atomic E-state index is 0.119. The van der Waals surface area contributed by atoms with Crippen molar-refractivity contribution in [1.82, 2.24) is 10.2 Å². The van der Waals surface area contributed by atoms with Crippen molar-refractivity contribution in [2.45, 2.75) is 32.7 Å². The Morgan fingerprint density at radius 1 is 1.39 bits per heavy atom. The van der Waals surface area contributed by atoms with Crippen LogP contribution in [0.2, 0.25) is 0 Å². The SMILES string of the molecule is CCN(CNC(=O)CCSC)C(C)Cc1ccc2c(c1)OCO2. The molecule has 6 heteroatoms. The van der Waals surface area contributed by atoms with E-state index in [0.29, 0.717) is 25.9 Å². The Morgan fingerprint density at radius 3 is 2.91 bits per heavy atom. The second kappa shape index (κ2) is 9.03. The molecule has 0 aliphatic carbocycles. The van der Waals surface area contributed by atoms with E-state index in [4.69, 9.17) is 9.47 Å². The largest absolute Gasteiger partial charge is 0.454 e. The van der Waals surface area contributed by atoms with Crippen LogP contribution in [0, 0.1) is 0 Å². The van der Waals surface area contributed by atoms with Crippen LogP contribution in [0.15, 0.2) is 18.2 Å². The summed E-state index contributed by atoms with van der Waals surface area (Å²) in [6.07, 6.45) is 3.50. The van der Waals surface area contributed by atoms with Crippen molar-refractivity contribution in [2.75, 3.05) is 32.0 Å². The number of amides is 1. The van der Waals surface area contributed by atoms with Crippen molar-refractivity contribution in [3.05, 3.63) is 23.8 Å². The molecule has 1 N–H and O–H groups in total. The van der Waals surface area contributed by atoms with E-state index in [-0.39, 0.29) is 5.91 Å². The van der Waals surface area contributed by atoms with Gasteiger partial charge in [-0.15, -0.1) is 0 Å². The molecule has 1 aliphatic heterocycles. The average Bonchev–Trinajstić information content (AvgIpc) is 3.01.